The molecular weight excluding hydrogens is 482 g/mol. The number of sulfonamides is 1. The van der Waals surface area contributed by atoms with E-state index in [1.807, 2.05) is 0 Å². The number of hydrogen-bond donors (Lipinski definition) is 0. The van der Waals surface area contributed by atoms with Crippen LogP contribution >= 0.6 is 23.2 Å². The minimum Gasteiger partial charge on any atom is -0.468 e. The van der Waals surface area contributed by atoms with Gasteiger partial charge < -0.3 is 4.42 Å². The Morgan fingerprint density at radius 1 is 1.09 bits per heavy atom. The number of nitrogens with zero attached hydrogens (tertiary/aromatic N) is 2. The van der Waals surface area contributed by atoms with Crippen molar-refractivity contribution in [1.82, 2.24) is 4.31 Å². The second kappa shape index (κ2) is 8.67. The molecule has 1 aliphatic heterocycles. The first kappa shape index (κ1) is 22.5. The Balaban J connectivity index is 1.77. The molecule has 1 unspecified atom stereocenters. The van der Waals surface area contributed by atoms with Crippen LogP contribution in [0.15, 0.2) is 70.2 Å². The van der Waals surface area contributed by atoms with Crippen LogP contribution in [0, 0.1) is 5.82 Å². The van der Waals surface area contributed by atoms with E-state index in [-0.39, 0.29) is 32.9 Å². The second-order valence-corrected chi connectivity index (χ2v) is 9.67. The Morgan fingerprint density at radius 2 is 1.81 bits per heavy atom. The lowest BCUT2D eigenvalue weighted by Crippen LogP contribution is -2.45. The summed E-state index contributed by atoms with van der Waals surface area (Å²) in [6.45, 7) is -0.320. The Kier molecular flexibility index (Phi) is 6.09. The summed E-state index contributed by atoms with van der Waals surface area (Å²) in [6.07, 6.45) is 0.952. The molecule has 0 bridgehead atoms. The minimum atomic E-state index is -4.39. The summed E-state index contributed by atoms with van der Waals surface area (Å²) in [5.41, 5.74) is 0.139. The van der Waals surface area contributed by atoms with Crippen molar-refractivity contribution in [1.29, 1.82) is 0 Å². The van der Waals surface area contributed by atoms with E-state index in [9.17, 15) is 22.4 Å². The molecule has 0 spiro atoms. The van der Waals surface area contributed by atoms with Gasteiger partial charge in [0.05, 0.1) is 29.9 Å². The van der Waals surface area contributed by atoms with Crippen LogP contribution in [-0.4, -0.2) is 30.6 Å². The smallest absolute Gasteiger partial charge is 0.252 e. The highest BCUT2D eigenvalue weighted by atomic mass is 35.5. The largest absolute Gasteiger partial charge is 0.468 e. The molecule has 7 nitrogen and oxygen atoms in total. The molecule has 11 heteroatoms. The van der Waals surface area contributed by atoms with Crippen LogP contribution < -0.4 is 4.90 Å². The van der Waals surface area contributed by atoms with E-state index in [0.717, 1.165) is 21.3 Å². The molecule has 3 aromatic rings. The zero-order chi connectivity index (χ0) is 23.0. The van der Waals surface area contributed by atoms with Gasteiger partial charge in [-0.2, -0.15) is 4.31 Å². The van der Waals surface area contributed by atoms with E-state index in [1.54, 1.807) is 12.1 Å². The molecule has 32 heavy (non-hydrogen) atoms. The number of carbonyl (C=O) groups excluding carboxylic acids is 2. The van der Waals surface area contributed by atoms with Gasteiger partial charge in [0, 0.05) is 5.02 Å². The highest BCUT2D eigenvalue weighted by molar-refractivity contribution is 7.89. The predicted molar refractivity (Wildman–Crippen MR) is 115 cm³/mol. The lowest BCUT2D eigenvalue weighted by Gasteiger charge is -2.26. The standard InChI is InChI=1S/C21H15Cl2FN2O5S/c22-13-3-8-17(23)19(10-13)32(29,30)25(12-16-2-1-9-31-16)18-11-20(27)26(21(18)28)15-6-4-14(24)5-7-15/h1-10,18H,11-12H2. The van der Waals surface area contributed by atoms with E-state index in [1.165, 1.54) is 36.6 Å². The summed E-state index contributed by atoms with van der Waals surface area (Å²) in [6, 6.07) is 10.4. The molecule has 1 fully saturated rings. The molecule has 2 heterocycles. The van der Waals surface area contributed by atoms with Crippen molar-refractivity contribution >= 4 is 50.7 Å². The van der Waals surface area contributed by atoms with Crippen LogP contribution in [-0.2, 0) is 26.2 Å². The fraction of sp³-hybridized carbons (Fsp3) is 0.143. The maximum atomic E-state index is 13.6. The van der Waals surface area contributed by atoms with Gasteiger partial charge in [-0.1, -0.05) is 23.2 Å². The van der Waals surface area contributed by atoms with Crippen molar-refractivity contribution in [3.63, 3.8) is 0 Å². The third kappa shape index (κ3) is 4.16. The molecular formula is C21H15Cl2FN2O5S. The summed E-state index contributed by atoms with van der Waals surface area (Å²) < 4.78 is 46.6. The first-order valence-electron chi connectivity index (χ1n) is 9.30. The molecule has 1 aliphatic rings. The zero-order valence-electron chi connectivity index (χ0n) is 16.2. The van der Waals surface area contributed by atoms with Gasteiger partial charge in [0.15, 0.2) is 0 Å². The molecule has 0 N–H and O–H groups in total. The number of anilines is 1. The number of benzene rings is 2. The number of imide groups is 1. The van der Waals surface area contributed by atoms with Gasteiger partial charge in [-0.05, 0) is 54.6 Å². The number of halogens is 3. The number of furan rings is 1. The van der Waals surface area contributed by atoms with Crippen molar-refractivity contribution in [3.05, 3.63) is 82.5 Å². The average Bonchev–Trinajstić information content (AvgIpc) is 3.36. The average molecular weight is 497 g/mol. The van der Waals surface area contributed by atoms with Crippen molar-refractivity contribution in [3.8, 4) is 0 Å². The fourth-order valence-electron chi connectivity index (χ4n) is 3.42. The molecule has 0 radical (unpaired) electrons. The first-order chi connectivity index (χ1) is 15.2. The lowest BCUT2D eigenvalue weighted by atomic mass is 10.2. The van der Waals surface area contributed by atoms with Gasteiger partial charge in [0.2, 0.25) is 15.9 Å². The number of carbonyl (C=O) groups is 2. The Labute approximate surface area is 193 Å². The number of amides is 2. The van der Waals surface area contributed by atoms with Crippen LogP contribution in [0.25, 0.3) is 0 Å². The van der Waals surface area contributed by atoms with E-state index in [2.05, 4.69) is 0 Å². The van der Waals surface area contributed by atoms with Crippen LogP contribution in [0.2, 0.25) is 10.0 Å². The third-order valence-electron chi connectivity index (χ3n) is 4.93. The monoisotopic (exact) mass is 496 g/mol. The second-order valence-electron chi connectivity index (χ2n) is 6.97. The topological polar surface area (TPSA) is 87.9 Å². The van der Waals surface area contributed by atoms with Gasteiger partial charge in [0.25, 0.3) is 5.91 Å². The summed E-state index contributed by atoms with van der Waals surface area (Å²) >= 11 is 12.1. The fourth-order valence-corrected chi connectivity index (χ4v) is 5.71. The highest BCUT2D eigenvalue weighted by Gasteiger charge is 2.47. The molecule has 1 saturated heterocycles. The normalized spacial score (nSPS) is 16.9. The molecule has 2 aromatic carbocycles. The summed E-state index contributed by atoms with van der Waals surface area (Å²) in [5, 5.41) is 0.0405. The van der Waals surface area contributed by atoms with E-state index in [0.29, 0.717) is 0 Å². The third-order valence-corrected chi connectivity index (χ3v) is 7.50. The van der Waals surface area contributed by atoms with Crippen LogP contribution in [0.1, 0.15) is 12.2 Å². The number of rotatable bonds is 6. The van der Waals surface area contributed by atoms with E-state index < -0.39 is 40.1 Å². The molecule has 166 valence electrons. The summed E-state index contributed by atoms with van der Waals surface area (Å²) in [4.78, 5) is 26.4. The van der Waals surface area contributed by atoms with Crippen molar-refractivity contribution < 1.29 is 26.8 Å². The van der Waals surface area contributed by atoms with Gasteiger partial charge in [0.1, 0.15) is 22.5 Å². The molecule has 2 amide bonds. The van der Waals surface area contributed by atoms with Crippen LogP contribution in [0.4, 0.5) is 10.1 Å². The van der Waals surface area contributed by atoms with Crippen LogP contribution in [0.5, 0.6) is 0 Å². The maximum absolute atomic E-state index is 13.6. The van der Waals surface area contributed by atoms with Gasteiger partial charge in [-0.3, -0.25) is 9.59 Å². The molecule has 0 saturated carbocycles. The van der Waals surface area contributed by atoms with Crippen molar-refractivity contribution in [2.45, 2.75) is 23.9 Å². The van der Waals surface area contributed by atoms with E-state index >= 15 is 0 Å². The Hall–Kier alpha value is -2.72. The summed E-state index contributed by atoms with van der Waals surface area (Å²) in [7, 11) is -4.39. The lowest BCUT2D eigenvalue weighted by molar-refractivity contribution is -0.122. The van der Waals surface area contributed by atoms with Gasteiger partial charge >= 0.3 is 0 Å². The van der Waals surface area contributed by atoms with E-state index in [4.69, 9.17) is 27.6 Å². The molecule has 4 rings (SSSR count). The Bertz CT molecular complexity index is 1280. The SMILES string of the molecule is O=C1CC(N(Cc2ccco2)S(=O)(=O)c2cc(Cl)ccc2Cl)C(=O)N1c1ccc(F)cc1. The van der Waals surface area contributed by atoms with Gasteiger partial charge in [-0.25, -0.2) is 17.7 Å². The predicted octanol–water partition coefficient (Wildman–Crippen LogP) is 4.25. The maximum Gasteiger partial charge on any atom is 0.252 e. The van der Waals surface area contributed by atoms with Crippen molar-refractivity contribution in [2.24, 2.45) is 0 Å². The first-order valence-corrected chi connectivity index (χ1v) is 11.5. The van der Waals surface area contributed by atoms with Crippen molar-refractivity contribution in [2.75, 3.05) is 4.90 Å². The minimum absolute atomic E-state index is 0.0917. The Morgan fingerprint density at radius 3 is 2.47 bits per heavy atom. The zero-order valence-corrected chi connectivity index (χ0v) is 18.6. The number of hydrogen-bond acceptors (Lipinski definition) is 5. The molecule has 1 atom stereocenters. The molecule has 0 aliphatic carbocycles. The van der Waals surface area contributed by atoms with Gasteiger partial charge in [-0.15, -0.1) is 0 Å². The quantitative estimate of drug-likeness (QED) is 0.476. The highest BCUT2D eigenvalue weighted by Crippen LogP contribution is 2.34. The summed E-state index contributed by atoms with van der Waals surface area (Å²) in [5.74, 6) is -1.67. The van der Waals surface area contributed by atoms with Crippen LogP contribution in [0.3, 0.4) is 0 Å². The molecule has 1 aromatic heterocycles.